The van der Waals surface area contributed by atoms with Gasteiger partial charge in [-0.1, -0.05) is 42.5 Å². The molecule has 0 saturated heterocycles. The maximum absolute atomic E-state index is 11.4. The largest absolute Gasteiger partial charge is 0.466 e. The second-order valence-electron chi connectivity index (χ2n) is 6.11. The third-order valence-corrected chi connectivity index (χ3v) is 5.08. The van der Waals surface area contributed by atoms with Gasteiger partial charge in [-0.2, -0.15) is 0 Å². The minimum atomic E-state index is -0.0972. The van der Waals surface area contributed by atoms with Gasteiger partial charge in [-0.3, -0.25) is 4.79 Å². The van der Waals surface area contributed by atoms with E-state index in [4.69, 9.17) is 4.74 Å². The van der Waals surface area contributed by atoms with Crippen molar-refractivity contribution in [2.75, 3.05) is 6.61 Å². The lowest BCUT2D eigenvalue weighted by Crippen LogP contribution is -2.03. The number of unbranched alkanes of at least 4 members (excludes halogenated alkanes) is 1. The zero-order chi connectivity index (χ0) is 18.2. The minimum absolute atomic E-state index is 0.0972. The predicted octanol–water partition coefficient (Wildman–Crippen LogP) is 5.74. The molecule has 0 amide bonds. The molecule has 0 bridgehead atoms. The van der Waals surface area contributed by atoms with Crippen molar-refractivity contribution in [3.8, 4) is 0 Å². The predicted molar refractivity (Wildman–Crippen MR) is 109 cm³/mol. The molecule has 1 aromatic heterocycles. The monoisotopic (exact) mass is 365 g/mol. The topological polar surface area (TPSA) is 39.2 Å². The first kappa shape index (κ1) is 18.3. The molecular formula is C22H23NO2S. The SMILES string of the molecule is CCOC(=O)CCCCc1cccc(C=Cc2nc3ccccc3s2)c1. The van der Waals surface area contributed by atoms with Crippen molar-refractivity contribution in [2.45, 2.75) is 32.6 Å². The molecular weight excluding hydrogens is 342 g/mol. The lowest BCUT2D eigenvalue weighted by atomic mass is 10.0. The van der Waals surface area contributed by atoms with Gasteiger partial charge in [0, 0.05) is 6.42 Å². The van der Waals surface area contributed by atoms with Crippen molar-refractivity contribution < 1.29 is 9.53 Å². The van der Waals surface area contributed by atoms with Crippen molar-refractivity contribution in [3.05, 3.63) is 64.7 Å². The summed E-state index contributed by atoms with van der Waals surface area (Å²) >= 11 is 1.70. The zero-order valence-electron chi connectivity index (χ0n) is 15.0. The molecule has 3 rings (SSSR count). The van der Waals surface area contributed by atoms with E-state index in [1.807, 2.05) is 25.1 Å². The van der Waals surface area contributed by atoms with Gasteiger partial charge in [0.05, 0.1) is 16.8 Å². The van der Waals surface area contributed by atoms with Crippen molar-refractivity contribution in [2.24, 2.45) is 0 Å². The van der Waals surface area contributed by atoms with E-state index in [0.29, 0.717) is 13.0 Å². The van der Waals surface area contributed by atoms with E-state index in [1.54, 1.807) is 11.3 Å². The fourth-order valence-corrected chi connectivity index (χ4v) is 3.68. The van der Waals surface area contributed by atoms with Gasteiger partial charge in [0.15, 0.2) is 0 Å². The molecule has 3 nitrogen and oxygen atoms in total. The number of hydrogen-bond donors (Lipinski definition) is 0. The van der Waals surface area contributed by atoms with E-state index in [1.165, 1.54) is 15.8 Å². The first-order valence-electron chi connectivity index (χ1n) is 9.03. The normalized spacial score (nSPS) is 11.3. The first-order chi connectivity index (χ1) is 12.7. The van der Waals surface area contributed by atoms with Crippen LogP contribution in [0.3, 0.4) is 0 Å². The van der Waals surface area contributed by atoms with E-state index in [0.717, 1.165) is 29.8 Å². The standard InChI is InChI=1S/C22H23NO2S/c1-2-25-22(24)13-6-3-8-17-9-7-10-18(16-17)14-15-21-23-19-11-4-5-12-20(19)26-21/h4-5,7,9-12,14-16H,2-3,6,8,13H2,1H3. The van der Waals surface area contributed by atoms with Crippen LogP contribution in [0, 0.1) is 0 Å². The Morgan fingerprint density at radius 2 is 2.00 bits per heavy atom. The van der Waals surface area contributed by atoms with Crippen LogP contribution < -0.4 is 0 Å². The van der Waals surface area contributed by atoms with Crippen LogP contribution in [-0.2, 0) is 16.0 Å². The molecule has 0 saturated carbocycles. The van der Waals surface area contributed by atoms with Crippen LogP contribution in [0.4, 0.5) is 0 Å². The number of benzene rings is 2. The van der Waals surface area contributed by atoms with Gasteiger partial charge >= 0.3 is 5.97 Å². The van der Waals surface area contributed by atoms with Crippen LogP contribution in [-0.4, -0.2) is 17.6 Å². The Morgan fingerprint density at radius 3 is 2.85 bits per heavy atom. The van der Waals surface area contributed by atoms with Crippen LogP contribution in [0.2, 0.25) is 0 Å². The molecule has 0 atom stereocenters. The third-order valence-electron chi connectivity index (χ3n) is 4.08. The molecule has 3 aromatic rings. The summed E-state index contributed by atoms with van der Waals surface area (Å²) in [4.78, 5) is 16.0. The molecule has 26 heavy (non-hydrogen) atoms. The summed E-state index contributed by atoms with van der Waals surface area (Å²) in [6.07, 6.45) is 7.52. The summed E-state index contributed by atoms with van der Waals surface area (Å²) in [6.45, 7) is 2.30. The van der Waals surface area contributed by atoms with Gasteiger partial charge in [-0.05, 0) is 55.5 Å². The Kier molecular flexibility index (Phi) is 6.56. The molecule has 0 aliphatic rings. The number of fused-ring (bicyclic) bond motifs is 1. The third kappa shape index (κ3) is 5.27. The fraction of sp³-hybridized carbons (Fsp3) is 0.273. The van der Waals surface area contributed by atoms with Crippen LogP contribution in [0.25, 0.3) is 22.4 Å². The number of ether oxygens (including phenoxy) is 1. The number of aryl methyl sites for hydroxylation is 1. The molecule has 0 unspecified atom stereocenters. The molecule has 134 valence electrons. The van der Waals surface area contributed by atoms with Gasteiger partial charge in [-0.15, -0.1) is 11.3 Å². The summed E-state index contributed by atoms with van der Waals surface area (Å²) in [5.74, 6) is -0.0972. The van der Waals surface area contributed by atoms with E-state index in [9.17, 15) is 4.79 Å². The molecule has 1 heterocycles. The number of thiazole rings is 1. The van der Waals surface area contributed by atoms with Gasteiger partial charge in [0.2, 0.25) is 0 Å². The average Bonchev–Trinajstić information content (AvgIpc) is 3.07. The number of esters is 1. The van der Waals surface area contributed by atoms with Crippen LogP contribution >= 0.6 is 11.3 Å². The number of hydrogen-bond acceptors (Lipinski definition) is 4. The first-order valence-corrected chi connectivity index (χ1v) is 9.84. The Labute approximate surface area is 158 Å². The maximum atomic E-state index is 11.4. The minimum Gasteiger partial charge on any atom is -0.466 e. The highest BCUT2D eigenvalue weighted by Crippen LogP contribution is 2.23. The number of carbonyl (C=O) groups is 1. The van der Waals surface area contributed by atoms with Crippen LogP contribution in [0.5, 0.6) is 0 Å². The highest BCUT2D eigenvalue weighted by molar-refractivity contribution is 7.19. The number of nitrogens with zero attached hydrogens (tertiary/aromatic N) is 1. The summed E-state index contributed by atoms with van der Waals surface area (Å²) in [6, 6.07) is 16.7. The van der Waals surface area contributed by atoms with Gasteiger partial charge in [0.25, 0.3) is 0 Å². The molecule has 0 aliphatic heterocycles. The zero-order valence-corrected chi connectivity index (χ0v) is 15.8. The average molecular weight is 365 g/mol. The molecule has 4 heteroatoms. The number of rotatable bonds is 8. The second kappa shape index (κ2) is 9.30. The lowest BCUT2D eigenvalue weighted by Gasteiger charge is -2.03. The van der Waals surface area contributed by atoms with Gasteiger partial charge in [0.1, 0.15) is 5.01 Å². The smallest absolute Gasteiger partial charge is 0.305 e. The van der Waals surface area contributed by atoms with Gasteiger partial charge < -0.3 is 4.74 Å². The molecule has 0 aliphatic carbocycles. The second-order valence-corrected chi connectivity index (χ2v) is 7.17. The maximum Gasteiger partial charge on any atom is 0.305 e. The Hall–Kier alpha value is -2.46. The number of aromatic nitrogens is 1. The Morgan fingerprint density at radius 1 is 1.12 bits per heavy atom. The Bertz CT molecular complexity index is 865. The van der Waals surface area contributed by atoms with Crippen molar-refractivity contribution in [1.82, 2.24) is 4.98 Å². The molecule has 0 N–H and O–H groups in total. The van der Waals surface area contributed by atoms with Crippen molar-refractivity contribution >= 4 is 39.7 Å². The Balaban J connectivity index is 1.56. The van der Waals surface area contributed by atoms with E-state index in [2.05, 4.69) is 47.5 Å². The number of carbonyl (C=O) groups excluding carboxylic acids is 1. The van der Waals surface area contributed by atoms with Gasteiger partial charge in [-0.25, -0.2) is 4.98 Å². The highest BCUT2D eigenvalue weighted by atomic mass is 32.1. The lowest BCUT2D eigenvalue weighted by molar-refractivity contribution is -0.143. The van der Waals surface area contributed by atoms with E-state index in [-0.39, 0.29) is 5.97 Å². The van der Waals surface area contributed by atoms with Crippen molar-refractivity contribution in [3.63, 3.8) is 0 Å². The van der Waals surface area contributed by atoms with E-state index < -0.39 is 0 Å². The fourth-order valence-electron chi connectivity index (χ4n) is 2.81. The van der Waals surface area contributed by atoms with E-state index >= 15 is 0 Å². The molecule has 0 fully saturated rings. The number of para-hydroxylation sites is 1. The summed E-state index contributed by atoms with van der Waals surface area (Å²) < 4.78 is 6.17. The van der Waals surface area contributed by atoms with Crippen LogP contribution in [0.15, 0.2) is 48.5 Å². The van der Waals surface area contributed by atoms with Crippen LogP contribution in [0.1, 0.15) is 42.3 Å². The summed E-state index contributed by atoms with van der Waals surface area (Å²) in [5, 5.41) is 1.02. The summed E-state index contributed by atoms with van der Waals surface area (Å²) in [5.41, 5.74) is 3.51. The quantitative estimate of drug-likeness (QED) is 0.377. The molecule has 2 aromatic carbocycles. The molecule has 0 radical (unpaired) electrons. The molecule has 0 spiro atoms. The summed E-state index contributed by atoms with van der Waals surface area (Å²) in [7, 11) is 0. The van der Waals surface area contributed by atoms with Crippen molar-refractivity contribution in [1.29, 1.82) is 0 Å². The highest BCUT2D eigenvalue weighted by Gasteiger charge is 2.02.